The first-order valence-corrected chi connectivity index (χ1v) is 11.3. The second-order valence-electron chi connectivity index (χ2n) is 8.87. The van der Waals surface area contributed by atoms with E-state index in [2.05, 4.69) is 48.9 Å². The van der Waals surface area contributed by atoms with Gasteiger partial charge in [0.25, 0.3) is 0 Å². The summed E-state index contributed by atoms with van der Waals surface area (Å²) in [6.07, 6.45) is 4.95. The summed E-state index contributed by atoms with van der Waals surface area (Å²) in [6, 6.07) is 8.42. The average Bonchev–Trinajstić information content (AvgIpc) is 3.44. The SMILES string of the molecule is CC(Nc1ncnc2[nH]cnc12)c1nc2ccccc2n1C1CCN(C(=O)CN(C)C)CC1. The van der Waals surface area contributed by atoms with Crippen molar-refractivity contribution in [1.29, 1.82) is 0 Å². The lowest BCUT2D eigenvalue weighted by atomic mass is 10.0. The normalized spacial score (nSPS) is 16.1. The summed E-state index contributed by atoms with van der Waals surface area (Å²) >= 11 is 0. The molecule has 1 unspecified atom stereocenters. The van der Waals surface area contributed by atoms with Crippen molar-refractivity contribution >= 4 is 33.9 Å². The van der Waals surface area contributed by atoms with Crippen LogP contribution in [-0.4, -0.2) is 78.9 Å². The summed E-state index contributed by atoms with van der Waals surface area (Å²) in [5.74, 6) is 1.82. The number of para-hydroxylation sites is 2. The average molecular weight is 448 g/mol. The minimum atomic E-state index is -0.0967. The van der Waals surface area contributed by atoms with E-state index >= 15 is 0 Å². The van der Waals surface area contributed by atoms with Crippen molar-refractivity contribution < 1.29 is 4.79 Å². The standard InChI is InChI=1S/C23H29N9O/c1-15(28-22-20-21(25-13-24-20)26-14-27-22)23-29-17-6-4-5-7-18(17)32(23)16-8-10-31(11-9-16)19(33)12-30(2)3/h4-7,13-16H,8-12H2,1-3H3,(H2,24,25,26,27,28). The third-order valence-corrected chi connectivity index (χ3v) is 6.21. The highest BCUT2D eigenvalue weighted by atomic mass is 16.2. The molecule has 0 spiro atoms. The lowest BCUT2D eigenvalue weighted by molar-refractivity contribution is -0.133. The van der Waals surface area contributed by atoms with Gasteiger partial charge in [0.05, 0.1) is 29.9 Å². The number of amides is 1. The van der Waals surface area contributed by atoms with Crippen molar-refractivity contribution in [2.24, 2.45) is 0 Å². The first-order valence-electron chi connectivity index (χ1n) is 11.3. The number of fused-ring (bicyclic) bond motifs is 2. The molecule has 3 aromatic heterocycles. The van der Waals surface area contributed by atoms with Gasteiger partial charge in [-0.05, 0) is 46.0 Å². The van der Waals surface area contributed by atoms with Crippen molar-refractivity contribution in [3.8, 4) is 0 Å². The van der Waals surface area contributed by atoms with E-state index in [0.29, 0.717) is 23.5 Å². The molecule has 5 rings (SSSR count). The quantitative estimate of drug-likeness (QED) is 0.468. The van der Waals surface area contributed by atoms with Crippen molar-refractivity contribution in [1.82, 2.24) is 39.3 Å². The fraction of sp³-hybridized carbons (Fsp3) is 0.435. The third kappa shape index (κ3) is 4.13. The number of imidazole rings is 2. The predicted molar refractivity (Wildman–Crippen MR) is 127 cm³/mol. The van der Waals surface area contributed by atoms with Crippen LogP contribution < -0.4 is 5.32 Å². The van der Waals surface area contributed by atoms with Crippen molar-refractivity contribution in [2.75, 3.05) is 39.0 Å². The van der Waals surface area contributed by atoms with Gasteiger partial charge in [-0.2, -0.15) is 0 Å². The van der Waals surface area contributed by atoms with E-state index in [-0.39, 0.29) is 18.0 Å². The van der Waals surface area contributed by atoms with Crippen LogP contribution in [0.25, 0.3) is 22.2 Å². The molecule has 172 valence electrons. The molecule has 1 amide bonds. The molecule has 4 heterocycles. The van der Waals surface area contributed by atoms with Crippen molar-refractivity contribution in [3.63, 3.8) is 0 Å². The molecule has 1 fully saturated rings. The first-order chi connectivity index (χ1) is 16.0. The van der Waals surface area contributed by atoms with Crippen LogP contribution in [0.2, 0.25) is 0 Å². The molecule has 0 bridgehead atoms. The van der Waals surface area contributed by atoms with E-state index in [1.165, 1.54) is 6.33 Å². The zero-order chi connectivity index (χ0) is 22.9. The maximum atomic E-state index is 12.5. The number of hydrogen-bond donors (Lipinski definition) is 2. The Hall–Kier alpha value is -3.53. The molecular weight excluding hydrogens is 418 g/mol. The summed E-state index contributed by atoms with van der Waals surface area (Å²) < 4.78 is 2.35. The number of aromatic amines is 1. The van der Waals surface area contributed by atoms with E-state index in [4.69, 9.17) is 4.98 Å². The van der Waals surface area contributed by atoms with Gasteiger partial charge in [-0.3, -0.25) is 4.79 Å². The molecule has 1 aromatic carbocycles. The van der Waals surface area contributed by atoms with Crippen LogP contribution in [0, 0.1) is 0 Å². The molecule has 10 heteroatoms. The largest absolute Gasteiger partial charge is 0.358 e. The number of H-pyrrole nitrogens is 1. The van der Waals surface area contributed by atoms with Gasteiger partial charge in [0.1, 0.15) is 17.7 Å². The monoisotopic (exact) mass is 447 g/mol. The smallest absolute Gasteiger partial charge is 0.236 e. The van der Waals surface area contributed by atoms with Gasteiger partial charge < -0.3 is 24.7 Å². The summed E-state index contributed by atoms with van der Waals surface area (Å²) in [5, 5.41) is 3.49. The Morgan fingerprint density at radius 1 is 1.21 bits per heavy atom. The van der Waals surface area contributed by atoms with Gasteiger partial charge in [-0.25, -0.2) is 19.9 Å². The molecule has 0 aliphatic carbocycles. The Kier molecular flexibility index (Phi) is 5.67. The first kappa shape index (κ1) is 21.3. The molecular formula is C23H29N9O. The number of hydrogen-bond acceptors (Lipinski definition) is 7. The van der Waals surface area contributed by atoms with Crippen LogP contribution >= 0.6 is 0 Å². The van der Waals surface area contributed by atoms with Gasteiger partial charge >= 0.3 is 0 Å². The van der Waals surface area contributed by atoms with Gasteiger partial charge in [0, 0.05) is 19.1 Å². The summed E-state index contributed by atoms with van der Waals surface area (Å²) in [7, 11) is 3.86. The molecule has 1 atom stereocenters. The number of carbonyl (C=O) groups excluding carboxylic acids is 1. The fourth-order valence-corrected chi connectivity index (χ4v) is 4.64. The molecule has 1 aliphatic rings. The minimum absolute atomic E-state index is 0.0967. The third-order valence-electron chi connectivity index (χ3n) is 6.21. The van der Waals surface area contributed by atoms with Crippen LogP contribution in [0.1, 0.15) is 37.7 Å². The second kappa shape index (κ2) is 8.78. The predicted octanol–water partition coefficient (Wildman–Crippen LogP) is 2.60. The van der Waals surface area contributed by atoms with Gasteiger partial charge in [0.15, 0.2) is 11.5 Å². The molecule has 1 saturated heterocycles. The highest BCUT2D eigenvalue weighted by Crippen LogP contribution is 2.32. The van der Waals surface area contributed by atoms with E-state index in [0.717, 1.165) is 42.8 Å². The van der Waals surface area contributed by atoms with E-state index in [1.54, 1.807) is 6.33 Å². The van der Waals surface area contributed by atoms with Crippen LogP contribution in [-0.2, 0) is 4.79 Å². The van der Waals surface area contributed by atoms with Gasteiger partial charge in [-0.15, -0.1) is 0 Å². The zero-order valence-corrected chi connectivity index (χ0v) is 19.2. The van der Waals surface area contributed by atoms with Crippen molar-refractivity contribution in [2.45, 2.75) is 31.8 Å². The molecule has 10 nitrogen and oxygen atoms in total. The highest BCUT2D eigenvalue weighted by Gasteiger charge is 2.28. The minimum Gasteiger partial charge on any atom is -0.358 e. The number of likely N-dealkylation sites (tertiary alicyclic amines) is 1. The van der Waals surface area contributed by atoms with Crippen LogP contribution in [0.4, 0.5) is 5.82 Å². The maximum absolute atomic E-state index is 12.5. The van der Waals surface area contributed by atoms with Crippen molar-refractivity contribution in [3.05, 3.63) is 42.7 Å². The van der Waals surface area contributed by atoms with E-state index < -0.39 is 0 Å². The second-order valence-corrected chi connectivity index (χ2v) is 8.87. The number of anilines is 1. The molecule has 0 radical (unpaired) electrons. The zero-order valence-electron chi connectivity index (χ0n) is 19.2. The molecule has 1 aliphatic heterocycles. The number of likely N-dealkylation sites (N-methyl/N-ethyl adjacent to an activating group) is 1. The molecule has 0 saturated carbocycles. The fourth-order valence-electron chi connectivity index (χ4n) is 4.64. The molecule has 2 N–H and O–H groups in total. The Labute approximate surface area is 192 Å². The number of aromatic nitrogens is 6. The number of rotatable bonds is 6. The number of piperidine rings is 1. The number of benzene rings is 1. The molecule has 33 heavy (non-hydrogen) atoms. The summed E-state index contributed by atoms with van der Waals surface area (Å²) in [6.45, 7) is 4.05. The lowest BCUT2D eigenvalue weighted by Gasteiger charge is -2.34. The summed E-state index contributed by atoms with van der Waals surface area (Å²) in [4.78, 5) is 37.4. The Bertz CT molecular complexity index is 1270. The maximum Gasteiger partial charge on any atom is 0.236 e. The van der Waals surface area contributed by atoms with E-state index in [9.17, 15) is 4.79 Å². The van der Waals surface area contributed by atoms with Gasteiger partial charge in [0.2, 0.25) is 5.91 Å². The Morgan fingerprint density at radius 3 is 2.79 bits per heavy atom. The number of nitrogens with one attached hydrogen (secondary N) is 2. The Morgan fingerprint density at radius 2 is 2.00 bits per heavy atom. The van der Waals surface area contributed by atoms with Crippen LogP contribution in [0.3, 0.4) is 0 Å². The molecule has 4 aromatic rings. The lowest BCUT2D eigenvalue weighted by Crippen LogP contribution is -2.43. The van der Waals surface area contributed by atoms with Crippen LogP contribution in [0.15, 0.2) is 36.9 Å². The highest BCUT2D eigenvalue weighted by molar-refractivity contribution is 5.82. The van der Waals surface area contributed by atoms with Crippen LogP contribution in [0.5, 0.6) is 0 Å². The number of nitrogens with zero attached hydrogens (tertiary/aromatic N) is 7. The van der Waals surface area contributed by atoms with Gasteiger partial charge in [-0.1, -0.05) is 12.1 Å². The Balaban J connectivity index is 1.42. The van der Waals surface area contributed by atoms with E-state index in [1.807, 2.05) is 36.0 Å². The number of carbonyl (C=O) groups is 1. The summed E-state index contributed by atoms with van der Waals surface area (Å²) in [5.41, 5.74) is 3.49. The topological polar surface area (TPSA) is 108 Å².